The lowest BCUT2D eigenvalue weighted by Gasteiger charge is -2.15. The maximum atomic E-state index is 12.2. The number of benzene rings is 1. The van der Waals surface area contributed by atoms with Crippen LogP contribution >= 0.6 is 0 Å². The topological polar surface area (TPSA) is 115 Å². The lowest BCUT2D eigenvalue weighted by molar-refractivity contribution is -0.385. The van der Waals surface area contributed by atoms with E-state index in [0.29, 0.717) is 17.9 Å². The van der Waals surface area contributed by atoms with Crippen molar-refractivity contribution in [2.75, 3.05) is 6.54 Å². The number of nitro benzene ring substituents is 1. The molecule has 0 aromatic heterocycles. The average Bonchev–Trinajstić information content (AvgIpc) is 2.35. The van der Waals surface area contributed by atoms with Gasteiger partial charge in [0, 0.05) is 24.7 Å². The molecule has 0 amide bonds. The van der Waals surface area contributed by atoms with Gasteiger partial charge in [-0.2, -0.15) is 0 Å². The Morgan fingerprint density at radius 2 is 2.00 bits per heavy atom. The molecule has 0 bridgehead atoms. The summed E-state index contributed by atoms with van der Waals surface area (Å²) in [7, 11) is -3.72. The predicted molar refractivity (Wildman–Crippen MR) is 80.5 cm³/mol. The number of hydrogen-bond donors (Lipinski definition) is 2. The van der Waals surface area contributed by atoms with Gasteiger partial charge in [-0.3, -0.25) is 10.1 Å². The minimum Gasteiger partial charge on any atom is -0.327 e. The highest BCUT2D eigenvalue weighted by Crippen LogP contribution is 2.20. The highest BCUT2D eigenvalue weighted by atomic mass is 32.2. The molecule has 1 aromatic rings. The van der Waals surface area contributed by atoms with Gasteiger partial charge in [0.25, 0.3) is 5.69 Å². The molecule has 1 unspecified atom stereocenters. The Kier molecular flexibility index (Phi) is 5.82. The van der Waals surface area contributed by atoms with Crippen LogP contribution in [0.25, 0.3) is 0 Å². The second kappa shape index (κ2) is 6.97. The molecule has 0 spiro atoms. The summed E-state index contributed by atoms with van der Waals surface area (Å²) in [5.74, 6) is 0.380. The van der Waals surface area contributed by atoms with Crippen molar-refractivity contribution < 1.29 is 13.3 Å². The molecule has 7 nitrogen and oxygen atoms in total. The number of non-ortho nitro benzene ring substituents is 1. The Hall–Kier alpha value is -1.51. The Labute approximate surface area is 124 Å². The van der Waals surface area contributed by atoms with Gasteiger partial charge < -0.3 is 5.73 Å². The van der Waals surface area contributed by atoms with Gasteiger partial charge in [-0.25, -0.2) is 13.1 Å². The molecular formula is C13H21N3O4S. The van der Waals surface area contributed by atoms with Crippen LogP contribution in [0.2, 0.25) is 0 Å². The largest absolute Gasteiger partial charge is 0.327 e. The highest BCUT2D eigenvalue weighted by Gasteiger charge is 2.20. The lowest BCUT2D eigenvalue weighted by atomic mass is 10.1. The Balaban J connectivity index is 2.86. The molecule has 0 radical (unpaired) electrons. The number of nitrogens with one attached hydrogen (secondary N) is 1. The summed E-state index contributed by atoms with van der Waals surface area (Å²) in [6.45, 7) is 5.68. The fraction of sp³-hybridized carbons (Fsp3) is 0.538. The maximum absolute atomic E-state index is 12.2. The maximum Gasteiger partial charge on any atom is 0.269 e. The molecule has 0 aliphatic carbocycles. The second-order valence-electron chi connectivity index (χ2n) is 5.45. The number of nitro groups is 1. The van der Waals surface area contributed by atoms with Gasteiger partial charge in [0.1, 0.15) is 0 Å². The molecule has 3 N–H and O–H groups in total. The van der Waals surface area contributed by atoms with E-state index < -0.39 is 14.9 Å². The molecular weight excluding hydrogens is 294 g/mol. The number of hydrogen-bond acceptors (Lipinski definition) is 5. The Bertz CT molecular complexity index is 614. The van der Waals surface area contributed by atoms with Crippen LogP contribution in [0.3, 0.4) is 0 Å². The Morgan fingerprint density at radius 1 is 1.38 bits per heavy atom. The van der Waals surface area contributed by atoms with Crippen molar-refractivity contribution in [2.45, 2.75) is 38.1 Å². The zero-order valence-corrected chi connectivity index (χ0v) is 13.2. The van der Waals surface area contributed by atoms with Crippen LogP contribution in [0.5, 0.6) is 0 Å². The molecule has 118 valence electrons. The van der Waals surface area contributed by atoms with Gasteiger partial charge in [0.05, 0.1) is 9.82 Å². The van der Waals surface area contributed by atoms with Crippen LogP contribution in [0.4, 0.5) is 5.69 Å². The van der Waals surface area contributed by atoms with Crippen molar-refractivity contribution in [3.05, 3.63) is 33.9 Å². The van der Waals surface area contributed by atoms with Gasteiger partial charge >= 0.3 is 0 Å². The van der Waals surface area contributed by atoms with E-state index in [0.717, 1.165) is 0 Å². The summed E-state index contributed by atoms with van der Waals surface area (Å²) in [4.78, 5) is 10.1. The van der Waals surface area contributed by atoms with E-state index in [1.165, 1.54) is 25.1 Å². The van der Waals surface area contributed by atoms with E-state index >= 15 is 0 Å². The smallest absolute Gasteiger partial charge is 0.269 e. The fourth-order valence-electron chi connectivity index (χ4n) is 2.03. The van der Waals surface area contributed by atoms with Gasteiger partial charge in [-0.15, -0.1) is 0 Å². The van der Waals surface area contributed by atoms with E-state index in [1.807, 2.05) is 13.8 Å². The van der Waals surface area contributed by atoms with E-state index in [-0.39, 0.29) is 23.2 Å². The van der Waals surface area contributed by atoms with Gasteiger partial charge in [-0.05, 0) is 30.9 Å². The molecule has 1 atom stereocenters. The molecule has 0 fully saturated rings. The van der Waals surface area contributed by atoms with E-state index in [9.17, 15) is 18.5 Å². The first kappa shape index (κ1) is 17.5. The first-order valence-electron chi connectivity index (χ1n) is 6.63. The van der Waals surface area contributed by atoms with Gasteiger partial charge in [0.15, 0.2) is 0 Å². The van der Waals surface area contributed by atoms with Crippen molar-refractivity contribution in [1.82, 2.24) is 4.72 Å². The first-order chi connectivity index (χ1) is 9.63. The third-order valence-corrected chi connectivity index (χ3v) is 4.55. The van der Waals surface area contributed by atoms with Crippen LogP contribution in [0.1, 0.15) is 25.8 Å². The van der Waals surface area contributed by atoms with Crippen molar-refractivity contribution in [2.24, 2.45) is 11.7 Å². The van der Waals surface area contributed by atoms with Crippen molar-refractivity contribution in [3.8, 4) is 0 Å². The van der Waals surface area contributed by atoms with Crippen LogP contribution in [0, 0.1) is 23.0 Å². The van der Waals surface area contributed by atoms with E-state index in [4.69, 9.17) is 5.73 Å². The molecule has 0 saturated carbocycles. The summed E-state index contributed by atoms with van der Waals surface area (Å²) in [5, 5.41) is 10.7. The van der Waals surface area contributed by atoms with Gasteiger partial charge in [0.2, 0.25) is 10.0 Å². The molecule has 8 heteroatoms. The third-order valence-electron chi connectivity index (χ3n) is 2.97. The molecule has 1 aromatic carbocycles. The molecule has 1 rings (SSSR count). The van der Waals surface area contributed by atoms with Crippen LogP contribution < -0.4 is 10.5 Å². The van der Waals surface area contributed by atoms with Crippen molar-refractivity contribution in [1.29, 1.82) is 0 Å². The number of aryl methyl sites for hydroxylation is 1. The van der Waals surface area contributed by atoms with Crippen LogP contribution in [-0.2, 0) is 10.0 Å². The van der Waals surface area contributed by atoms with Crippen molar-refractivity contribution >= 4 is 15.7 Å². The summed E-state index contributed by atoms with van der Waals surface area (Å²) in [6.07, 6.45) is 0.710. The van der Waals surface area contributed by atoms with Crippen LogP contribution in [0.15, 0.2) is 23.1 Å². The Morgan fingerprint density at radius 3 is 2.48 bits per heavy atom. The summed E-state index contributed by atoms with van der Waals surface area (Å²) >= 11 is 0. The monoisotopic (exact) mass is 315 g/mol. The highest BCUT2D eigenvalue weighted by molar-refractivity contribution is 7.89. The third kappa shape index (κ3) is 5.07. The molecule has 0 aliphatic rings. The predicted octanol–water partition coefficient (Wildman–Crippen LogP) is 1.55. The molecule has 21 heavy (non-hydrogen) atoms. The quantitative estimate of drug-likeness (QED) is 0.585. The first-order valence-corrected chi connectivity index (χ1v) is 8.12. The minimum atomic E-state index is -3.72. The van der Waals surface area contributed by atoms with Crippen LogP contribution in [-0.4, -0.2) is 25.9 Å². The zero-order chi connectivity index (χ0) is 16.2. The standard InChI is InChI=1S/C13H21N3O4S/c1-9(2)6-11(14)8-15-21(19,20)13-5-4-12(16(17)18)7-10(13)3/h4-5,7,9,11,15H,6,8,14H2,1-3H3. The molecule has 0 aliphatic heterocycles. The van der Waals surface area contributed by atoms with Crippen molar-refractivity contribution in [3.63, 3.8) is 0 Å². The fourth-order valence-corrected chi connectivity index (χ4v) is 3.35. The SMILES string of the molecule is Cc1cc([N+](=O)[O-])ccc1S(=O)(=O)NCC(N)CC(C)C. The number of rotatable bonds is 7. The summed E-state index contributed by atoms with van der Waals surface area (Å²) < 4.78 is 26.8. The number of nitrogens with zero attached hydrogens (tertiary/aromatic N) is 1. The second-order valence-corrected chi connectivity index (χ2v) is 7.18. The van der Waals surface area contributed by atoms with E-state index in [2.05, 4.69) is 4.72 Å². The minimum absolute atomic E-state index is 0.0323. The number of nitrogens with two attached hydrogens (primary N) is 1. The normalized spacial score (nSPS) is 13.4. The average molecular weight is 315 g/mol. The van der Waals surface area contributed by atoms with E-state index in [1.54, 1.807) is 0 Å². The zero-order valence-electron chi connectivity index (χ0n) is 12.4. The molecule has 0 saturated heterocycles. The number of sulfonamides is 1. The lowest BCUT2D eigenvalue weighted by Crippen LogP contribution is -2.38. The van der Waals surface area contributed by atoms with Gasteiger partial charge in [-0.1, -0.05) is 13.8 Å². The molecule has 0 heterocycles. The summed E-state index contributed by atoms with van der Waals surface area (Å²) in [5.41, 5.74) is 6.04. The summed E-state index contributed by atoms with van der Waals surface area (Å²) in [6, 6.07) is 3.39.